The molecule has 1 saturated heterocycles. The number of anilines is 1. The number of piperazine rings is 1. The number of rotatable bonds is 2. The van der Waals surface area contributed by atoms with Gasteiger partial charge >= 0.3 is 0 Å². The lowest BCUT2D eigenvalue weighted by Crippen LogP contribution is -2.54. The predicted octanol–water partition coefficient (Wildman–Crippen LogP) is 1.54. The van der Waals surface area contributed by atoms with Crippen molar-refractivity contribution in [3.63, 3.8) is 0 Å². The fourth-order valence-corrected chi connectivity index (χ4v) is 2.61. The van der Waals surface area contributed by atoms with Crippen LogP contribution < -0.4 is 10.2 Å². The minimum Gasteiger partial charge on any atom is -0.338 e. The summed E-state index contributed by atoms with van der Waals surface area (Å²) in [4.78, 5) is 11.3. The zero-order valence-electron chi connectivity index (χ0n) is 10.6. The molecule has 3 rings (SSSR count). The zero-order chi connectivity index (χ0) is 11.8. The van der Waals surface area contributed by atoms with E-state index < -0.39 is 0 Å². The van der Waals surface area contributed by atoms with Crippen molar-refractivity contribution >= 4 is 5.95 Å². The molecule has 0 radical (unpaired) electrons. The maximum Gasteiger partial charge on any atom is 0.225 e. The van der Waals surface area contributed by atoms with Crippen LogP contribution in [0.3, 0.4) is 0 Å². The molecule has 0 spiro atoms. The second kappa shape index (κ2) is 4.26. The summed E-state index contributed by atoms with van der Waals surface area (Å²) in [6.45, 7) is 6.41. The fraction of sp³-hybridized carbons (Fsp3) is 0.692. The molecule has 0 bridgehead atoms. The lowest BCUT2D eigenvalue weighted by molar-refractivity contribution is 0.403. The molecule has 2 heterocycles. The molecule has 1 aliphatic heterocycles. The van der Waals surface area contributed by atoms with Crippen molar-refractivity contribution in [3.8, 4) is 0 Å². The molecular weight excluding hydrogens is 212 g/mol. The van der Waals surface area contributed by atoms with Gasteiger partial charge in [-0.25, -0.2) is 9.97 Å². The summed E-state index contributed by atoms with van der Waals surface area (Å²) in [7, 11) is 0. The molecule has 4 heteroatoms. The molecule has 1 N–H and O–H groups in total. The summed E-state index contributed by atoms with van der Waals surface area (Å²) >= 11 is 0. The minimum absolute atomic E-state index is 0.505. The third-order valence-corrected chi connectivity index (χ3v) is 3.55. The van der Waals surface area contributed by atoms with E-state index in [1.807, 2.05) is 12.4 Å². The Balaban J connectivity index is 1.73. The summed E-state index contributed by atoms with van der Waals surface area (Å²) in [6.07, 6.45) is 6.64. The Labute approximate surface area is 102 Å². The second-order valence-corrected chi connectivity index (χ2v) is 5.46. The third kappa shape index (κ3) is 2.41. The quantitative estimate of drug-likeness (QED) is 0.840. The van der Waals surface area contributed by atoms with Crippen molar-refractivity contribution < 1.29 is 0 Å². The van der Waals surface area contributed by atoms with Crippen LogP contribution in [-0.2, 0) is 0 Å². The number of hydrogen-bond acceptors (Lipinski definition) is 4. The highest BCUT2D eigenvalue weighted by Gasteiger charge is 2.26. The third-order valence-electron chi connectivity index (χ3n) is 3.55. The number of hydrogen-bond donors (Lipinski definition) is 1. The average molecular weight is 232 g/mol. The van der Waals surface area contributed by atoms with Gasteiger partial charge in [0.2, 0.25) is 5.95 Å². The predicted molar refractivity (Wildman–Crippen MR) is 68.3 cm³/mol. The van der Waals surface area contributed by atoms with Gasteiger partial charge in [0.1, 0.15) is 0 Å². The van der Waals surface area contributed by atoms with E-state index in [-0.39, 0.29) is 0 Å². The Morgan fingerprint density at radius 1 is 1.12 bits per heavy atom. The first-order valence-electron chi connectivity index (χ1n) is 6.55. The van der Waals surface area contributed by atoms with E-state index in [1.165, 1.54) is 18.4 Å². The molecule has 0 aromatic carbocycles. The van der Waals surface area contributed by atoms with Crippen LogP contribution in [0.15, 0.2) is 12.4 Å². The first kappa shape index (κ1) is 11.0. The van der Waals surface area contributed by atoms with E-state index >= 15 is 0 Å². The molecule has 1 saturated carbocycles. The second-order valence-electron chi connectivity index (χ2n) is 5.46. The van der Waals surface area contributed by atoms with Crippen molar-refractivity contribution in [1.82, 2.24) is 15.3 Å². The first-order valence-corrected chi connectivity index (χ1v) is 6.55. The summed E-state index contributed by atoms with van der Waals surface area (Å²) < 4.78 is 0. The maximum absolute atomic E-state index is 4.52. The van der Waals surface area contributed by atoms with Gasteiger partial charge in [0.05, 0.1) is 0 Å². The van der Waals surface area contributed by atoms with E-state index in [0.717, 1.165) is 25.0 Å². The van der Waals surface area contributed by atoms with Crippen LogP contribution in [0.4, 0.5) is 5.95 Å². The molecular formula is C13H20N4. The smallest absolute Gasteiger partial charge is 0.225 e. The lowest BCUT2D eigenvalue weighted by atomic mass is 10.1. The van der Waals surface area contributed by atoms with E-state index in [2.05, 4.69) is 34.0 Å². The van der Waals surface area contributed by atoms with Gasteiger partial charge in [0.25, 0.3) is 0 Å². The van der Waals surface area contributed by atoms with Crippen LogP contribution in [0.1, 0.15) is 38.2 Å². The monoisotopic (exact) mass is 232 g/mol. The lowest BCUT2D eigenvalue weighted by Gasteiger charge is -2.36. The van der Waals surface area contributed by atoms with Crippen LogP contribution in [0.2, 0.25) is 0 Å². The Hall–Kier alpha value is -1.16. The van der Waals surface area contributed by atoms with Crippen molar-refractivity contribution in [2.45, 2.75) is 44.7 Å². The molecule has 2 fully saturated rings. The Kier molecular flexibility index (Phi) is 2.74. The van der Waals surface area contributed by atoms with E-state index in [1.54, 1.807) is 0 Å². The highest BCUT2D eigenvalue weighted by Crippen LogP contribution is 2.39. The fourth-order valence-electron chi connectivity index (χ4n) is 2.61. The first-order chi connectivity index (χ1) is 8.22. The Morgan fingerprint density at radius 3 is 2.24 bits per heavy atom. The SMILES string of the molecule is C[C@@H]1CN(c2ncc(C3CC3)cn2)C[C@H](C)N1. The van der Waals surface area contributed by atoms with Gasteiger partial charge in [0.15, 0.2) is 0 Å². The van der Waals surface area contributed by atoms with Crippen LogP contribution in [0.5, 0.6) is 0 Å². The van der Waals surface area contributed by atoms with Gasteiger partial charge in [-0.1, -0.05) is 0 Å². The molecule has 2 aliphatic rings. The summed E-state index contributed by atoms with van der Waals surface area (Å²) in [6, 6.07) is 1.01. The Bertz CT molecular complexity index is 375. The largest absolute Gasteiger partial charge is 0.338 e. The number of nitrogens with zero attached hydrogens (tertiary/aromatic N) is 3. The normalized spacial score (nSPS) is 29.4. The van der Waals surface area contributed by atoms with Gasteiger partial charge in [-0.3, -0.25) is 0 Å². The van der Waals surface area contributed by atoms with Gasteiger partial charge in [-0.15, -0.1) is 0 Å². The van der Waals surface area contributed by atoms with E-state index in [0.29, 0.717) is 12.1 Å². The van der Waals surface area contributed by atoms with E-state index in [9.17, 15) is 0 Å². The highest BCUT2D eigenvalue weighted by atomic mass is 15.3. The topological polar surface area (TPSA) is 41.1 Å². The summed E-state index contributed by atoms with van der Waals surface area (Å²) in [5.41, 5.74) is 1.31. The molecule has 1 aromatic heterocycles. The van der Waals surface area contributed by atoms with Crippen LogP contribution >= 0.6 is 0 Å². The molecule has 0 unspecified atom stereocenters. The molecule has 0 amide bonds. The van der Waals surface area contributed by atoms with Gasteiger partial charge < -0.3 is 10.2 Å². The van der Waals surface area contributed by atoms with Gasteiger partial charge in [-0.2, -0.15) is 0 Å². The summed E-state index contributed by atoms with van der Waals surface area (Å²) in [5.74, 6) is 1.62. The van der Waals surface area contributed by atoms with Gasteiger partial charge in [-0.05, 0) is 38.2 Å². The van der Waals surface area contributed by atoms with Crippen molar-refractivity contribution in [2.24, 2.45) is 0 Å². The highest BCUT2D eigenvalue weighted by molar-refractivity contribution is 5.33. The van der Waals surface area contributed by atoms with Crippen molar-refractivity contribution in [2.75, 3.05) is 18.0 Å². The molecule has 4 nitrogen and oxygen atoms in total. The molecule has 1 aromatic rings. The van der Waals surface area contributed by atoms with Gasteiger partial charge in [0, 0.05) is 37.6 Å². The molecule has 17 heavy (non-hydrogen) atoms. The standard InChI is InChI=1S/C13H20N4/c1-9-7-17(8-10(2)16-9)13-14-5-12(6-15-13)11-3-4-11/h5-6,9-11,16H,3-4,7-8H2,1-2H3/t9-,10+. The maximum atomic E-state index is 4.52. The van der Waals surface area contributed by atoms with Crippen LogP contribution in [0, 0.1) is 0 Å². The van der Waals surface area contributed by atoms with Crippen LogP contribution in [-0.4, -0.2) is 35.1 Å². The summed E-state index contributed by atoms with van der Waals surface area (Å²) in [5, 5.41) is 3.52. The van der Waals surface area contributed by atoms with Crippen molar-refractivity contribution in [1.29, 1.82) is 0 Å². The zero-order valence-corrected chi connectivity index (χ0v) is 10.6. The van der Waals surface area contributed by atoms with Crippen molar-refractivity contribution in [3.05, 3.63) is 18.0 Å². The molecule has 92 valence electrons. The van der Waals surface area contributed by atoms with Crippen LogP contribution in [0.25, 0.3) is 0 Å². The minimum atomic E-state index is 0.505. The number of aromatic nitrogens is 2. The molecule has 1 aliphatic carbocycles. The average Bonchev–Trinajstić information content (AvgIpc) is 3.12. The van der Waals surface area contributed by atoms with E-state index in [4.69, 9.17) is 0 Å². The Morgan fingerprint density at radius 2 is 1.71 bits per heavy atom. The molecule has 2 atom stereocenters. The number of nitrogens with one attached hydrogen (secondary N) is 1.